The van der Waals surface area contributed by atoms with Crippen LogP contribution in [0.1, 0.15) is 11.4 Å². The average Bonchev–Trinajstić information content (AvgIpc) is 2.81. The van der Waals surface area contributed by atoms with E-state index in [-0.39, 0.29) is 5.56 Å². The molecule has 0 saturated heterocycles. The third-order valence-corrected chi connectivity index (χ3v) is 3.04. The van der Waals surface area contributed by atoms with Crippen molar-refractivity contribution in [3.8, 4) is 0 Å². The van der Waals surface area contributed by atoms with Gasteiger partial charge in [-0.2, -0.15) is 13.2 Å². The highest BCUT2D eigenvalue weighted by atomic mass is 79.9. The molecule has 18 heavy (non-hydrogen) atoms. The van der Waals surface area contributed by atoms with Gasteiger partial charge in [0.25, 0.3) is 0 Å². The minimum Gasteiger partial charge on any atom is -0.370 e. The Bertz CT molecular complexity index is 524. The van der Waals surface area contributed by atoms with Crippen LogP contribution in [0, 0.1) is 0 Å². The second kappa shape index (κ2) is 4.40. The van der Waals surface area contributed by atoms with E-state index in [1.54, 1.807) is 0 Å². The minimum atomic E-state index is -4.88. The fourth-order valence-electron chi connectivity index (χ4n) is 1.59. The smallest absolute Gasteiger partial charge is 0.370 e. The Labute approximate surface area is 109 Å². The number of rotatable bonds is 2. The highest BCUT2D eigenvalue weighted by Crippen LogP contribution is 2.42. The van der Waals surface area contributed by atoms with Crippen molar-refractivity contribution in [2.75, 3.05) is 0 Å². The van der Waals surface area contributed by atoms with Gasteiger partial charge < -0.3 is 10.1 Å². The lowest BCUT2D eigenvalue weighted by Crippen LogP contribution is -2.44. The van der Waals surface area contributed by atoms with Crippen molar-refractivity contribution >= 4 is 15.9 Å². The van der Waals surface area contributed by atoms with E-state index in [9.17, 15) is 18.3 Å². The molecule has 0 aliphatic carbocycles. The Hall–Kier alpha value is -1.34. The first-order chi connectivity index (χ1) is 8.35. The summed E-state index contributed by atoms with van der Waals surface area (Å²) in [6.07, 6.45) is -2.49. The molecular formula is C11H8BrF3N2O. The number of H-pyrrole nitrogens is 1. The van der Waals surface area contributed by atoms with E-state index >= 15 is 0 Å². The summed E-state index contributed by atoms with van der Waals surface area (Å²) in [5, 5.41) is 10.0. The van der Waals surface area contributed by atoms with Gasteiger partial charge in [-0.15, -0.1) is 0 Å². The summed E-state index contributed by atoms with van der Waals surface area (Å²) in [5.41, 5.74) is -3.44. The Morgan fingerprint density at radius 2 is 1.78 bits per heavy atom. The van der Waals surface area contributed by atoms with Crippen LogP contribution in [0.3, 0.4) is 0 Å². The topological polar surface area (TPSA) is 48.9 Å². The lowest BCUT2D eigenvalue weighted by atomic mass is 9.92. The van der Waals surface area contributed by atoms with Gasteiger partial charge in [0.2, 0.25) is 5.60 Å². The highest BCUT2D eigenvalue weighted by Gasteiger charge is 2.58. The Kier molecular flexibility index (Phi) is 3.20. The largest absolute Gasteiger partial charge is 0.428 e. The van der Waals surface area contributed by atoms with Crippen LogP contribution >= 0.6 is 15.9 Å². The van der Waals surface area contributed by atoms with Crippen molar-refractivity contribution in [1.29, 1.82) is 0 Å². The maximum Gasteiger partial charge on any atom is 0.428 e. The van der Waals surface area contributed by atoms with Gasteiger partial charge in [-0.1, -0.05) is 28.1 Å². The molecule has 1 atom stereocenters. The molecule has 2 N–H and O–H groups in total. The van der Waals surface area contributed by atoms with E-state index in [0.29, 0.717) is 4.47 Å². The van der Waals surface area contributed by atoms with Crippen LogP contribution in [-0.4, -0.2) is 21.3 Å². The van der Waals surface area contributed by atoms with Crippen LogP contribution in [0.5, 0.6) is 0 Å². The van der Waals surface area contributed by atoms with E-state index < -0.39 is 17.6 Å². The third-order valence-electron chi connectivity index (χ3n) is 2.51. The predicted octanol–water partition coefficient (Wildman–Crippen LogP) is 2.97. The molecule has 0 aliphatic heterocycles. The molecule has 0 radical (unpaired) electrons. The molecule has 1 heterocycles. The summed E-state index contributed by atoms with van der Waals surface area (Å²) in [7, 11) is 0. The van der Waals surface area contributed by atoms with Crippen LogP contribution in [0.2, 0.25) is 0 Å². The van der Waals surface area contributed by atoms with Gasteiger partial charge in [0, 0.05) is 22.4 Å². The molecule has 0 bridgehead atoms. The number of halogens is 4. The van der Waals surface area contributed by atoms with Gasteiger partial charge in [-0.3, -0.25) is 0 Å². The third kappa shape index (κ3) is 2.04. The number of nitrogens with one attached hydrogen (secondary N) is 1. The quantitative estimate of drug-likeness (QED) is 0.893. The van der Waals surface area contributed by atoms with Gasteiger partial charge in [0.15, 0.2) is 5.82 Å². The van der Waals surface area contributed by atoms with Gasteiger partial charge >= 0.3 is 6.18 Å². The summed E-state index contributed by atoms with van der Waals surface area (Å²) in [6.45, 7) is 0. The molecule has 2 rings (SSSR count). The summed E-state index contributed by atoms with van der Waals surface area (Å²) in [4.78, 5) is 5.82. The van der Waals surface area contributed by atoms with E-state index in [1.165, 1.54) is 30.5 Å². The Balaban J connectivity index is 2.60. The molecule has 1 aromatic heterocycles. The average molecular weight is 321 g/mol. The first-order valence-electron chi connectivity index (χ1n) is 4.90. The van der Waals surface area contributed by atoms with Crippen molar-refractivity contribution < 1.29 is 18.3 Å². The fraction of sp³-hybridized carbons (Fsp3) is 0.182. The van der Waals surface area contributed by atoms with Gasteiger partial charge in [0.05, 0.1) is 0 Å². The zero-order chi connectivity index (χ0) is 13.4. The van der Waals surface area contributed by atoms with Crippen LogP contribution in [0.25, 0.3) is 0 Å². The molecule has 2 aromatic rings. The van der Waals surface area contributed by atoms with Crippen LogP contribution in [0.4, 0.5) is 13.2 Å². The maximum absolute atomic E-state index is 13.1. The Morgan fingerprint density at radius 1 is 1.17 bits per heavy atom. The predicted molar refractivity (Wildman–Crippen MR) is 61.8 cm³/mol. The normalized spacial score (nSPS) is 15.4. The minimum absolute atomic E-state index is 0.298. The monoisotopic (exact) mass is 320 g/mol. The summed E-state index contributed by atoms with van der Waals surface area (Å²) < 4.78 is 40.0. The SMILES string of the molecule is OC(c1ccc(Br)cc1)(c1ncc[nH]1)C(F)(F)F. The first kappa shape index (κ1) is 13.1. The number of nitrogens with zero attached hydrogens (tertiary/aromatic N) is 1. The van der Waals surface area contributed by atoms with Gasteiger partial charge in [0.1, 0.15) is 0 Å². The van der Waals surface area contributed by atoms with Crippen LogP contribution in [0.15, 0.2) is 41.1 Å². The van der Waals surface area contributed by atoms with E-state index in [4.69, 9.17) is 0 Å². The zero-order valence-corrected chi connectivity index (χ0v) is 10.5. The molecule has 0 aliphatic rings. The van der Waals surface area contributed by atoms with E-state index in [0.717, 1.165) is 6.20 Å². The zero-order valence-electron chi connectivity index (χ0n) is 8.87. The second-order valence-electron chi connectivity index (χ2n) is 3.65. The molecule has 3 nitrogen and oxygen atoms in total. The molecule has 7 heteroatoms. The molecule has 0 fully saturated rings. The molecule has 0 saturated carbocycles. The summed E-state index contributed by atoms with van der Waals surface area (Å²) >= 11 is 3.13. The molecule has 0 spiro atoms. The number of benzene rings is 1. The number of aliphatic hydroxyl groups is 1. The second-order valence-corrected chi connectivity index (χ2v) is 4.57. The summed E-state index contributed by atoms with van der Waals surface area (Å²) in [5.74, 6) is -0.558. The molecule has 0 amide bonds. The standard InChI is InChI=1S/C11H8BrF3N2O/c12-8-3-1-7(2-4-8)10(18,11(13,14)15)9-16-5-6-17-9/h1-6,18H,(H,16,17). The number of hydrogen-bond acceptors (Lipinski definition) is 2. The van der Waals surface area contributed by atoms with Crippen molar-refractivity contribution in [1.82, 2.24) is 9.97 Å². The molecule has 96 valence electrons. The number of alkyl halides is 3. The molecular weight excluding hydrogens is 313 g/mol. The number of hydrogen-bond donors (Lipinski definition) is 2. The lowest BCUT2D eigenvalue weighted by Gasteiger charge is -2.29. The number of imidazole rings is 1. The first-order valence-corrected chi connectivity index (χ1v) is 5.70. The maximum atomic E-state index is 13.1. The van der Waals surface area contributed by atoms with Crippen molar-refractivity contribution in [2.45, 2.75) is 11.8 Å². The Morgan fingerprint density at radius 3 is 2.22 bits per heavy atom. The van der Waals surface area contributed by atoms with Gasteiger partial charge in [-0.05, 0) is 12.1 Å². The van der Waals surface area contributed by atoms with E-state index in [2.05, 4.69) is 25.9 Å². The highest BCUT2D eigenvalue weighted by molar-refractivity contribution is 9.10. The molecule has 1 unspecified atom stereocenters. The van der Waals surface area contributed by atoms with Gasteiger partial charge in [-0.25, -0.2) is 4.98 Å². The number of aromatic amines is 1. The van der Waals surface area contributed by atoms with Crippen molar-refractivity contribution in [2.24, 2.45) is 0 Å². The van der Waals surface area contributed by atoms with Crippen LogP contribution < -0.4 is 0 Å². The lowest BCUT2D eigenvalue weighted by molar-refractivity contribution is -0.251. The molecule has 1 aromatic carbocycles. The van der Waals surface area contributed by atoms with Crippen molar-refractivity contribution in [3.63, 3.8) is 0 Å². The fourth-order valence-corrected chi connectivity index (χ4v) is 1.85. The summed E-state index contributed by atoms with van der Waals surface area (Å²) in [6, 6.07) is 5.24. The van der Waals surface area contributed by atoms with Crippen molar-refractivity contribution in [3.05, 3.63) is 52.5 Å². The van der Waals surface area contributed by atoms with E-state index in [1.807, 2.05) is 0 Å². The number of aromatic nitrogens is 2. The van der Waals surface area contributed by atoms with Crippen LogP contribution in [-0.2, 0) is 5.60 Å².